The second kappa shape index (κ2) is 10.4. The average molecular weight is 399 g/mol. The highest BCUT2D eigenvalue weighted by Crippen LogP contribution is 2.19. The Kier molecular flexibility index (Phi) is 7.66. The Hall–Kier alpha value is -2.38. The third-order valence-corrected chi connectivity index (χ3v) is 5.38. The van der Waals surface area contributed by atoms with Gasteiger partial charge in [-0.2, -0.15) is 0 Å². The van der Waals surface area contributed by atoms with Gasteiger partial charge in [-0.15, -0.1) is 0 Å². The first-order valence-corrected chi connectivity index (χ1v) is 10.4. The number of rotatable bonds is 7. The highest BCUT2D eigenvalue weighted by atomic mass is 16.5. The second-order valence-electron chi connectivity index (χ2n) is 7.84. The zero-order chi connectivity index (χ0) is 20.6. The predicted molar refractivity (Wildman–Crippen MR) is 117 cm³/mol. The quantitative estimate of drug-likeness (QED) is 0.571. The van der Waals surface area contributed by atoms with Crippen LogP contribution in [-0.2, 0) is 6.54 Å². The van der Waals surface area contributed by atoms with E-state index >= 15 is 0 Å². The Morgan fingerprint density at radius 3 is 2.48 bits per heavy atom. The van der Waals surface area contributed by atoms with E-state index in [4.69, 9.17) is 9.52 Å². The van der Waals surface area contributed by atoms with Crippen LogP contribution in [0.15, 0.2) is 46.1 Å². The summed E-state index contributed by atoms with van der Waals surface area (Å²) in [5, 5.41) is 7.50. The number of hydrogen-bond donors (Lipinski definition) is 1. The molecule has 0 bridgehead atoms. The van der Waals surface area contributed by atoms with Gasteiger partial charge in [-0.3, -0.25) is 9.89 Å². The lowest BCUT2D eigenvalue weighted by molar-refractivity contribution is 0.168. The first kappa shape index (κ1) is 21.3. The molecule has 0 spiro atoms. The molecule has 2 heterocycles. The minimum Gasteiger partial charge on any atom is -0.364 e. The van der Waals surface area contributed by atoms with Gasteiger partial charge in [0.15, 0.2) is 5.96 Å². The number of nitrogens with zero attached hydrogens (tertiary/aromatic N) is 5. The van der Waals surface area contributed by atoms with Gasteiger partial charge < -0.3 is 19.6 Å². The molecule has 3 rings (SSSR count). The first-order valence-electron chi connectivity index (χ1n) is 10.4. The van der Waals surface area contributed by atoms with Gasteiger partial charge >= 0.3 is 0 Å². The fourth-order valence-corrected chi connectivity index (χ4v) is 3.62. The lowest BCUT2D eigenvalue weighted by Crippen LogP contribution is -2.52. The number of piperazine rings is 1. The van der Waals surface area contributed by atoms with Crippen LogP contribution in [0.3, 0.4) is 0 Å². The van der Waals surface area contributed by atoms with E-state index in [9.17, 15) is 0 Å². The minimum atomic E-state index is 0.262. The molecule has 1 unspecified atom stereocenters. The normalized spacial score (nSPS) is 17.0. The van der Waals surface area contributed by atoms with Crippen LogP contribution in [0, 0.1) is 6.92 Å². The van der Waals surface area contributed by atoms with Gasteiger partial charge in [0, 0.05) is 45.3 Å². The molecule has 0 amide bonds. The molecule has 1 aromatic carbocycles. The van der Waals surface area contributed by atoms with Crippen LogP contribution in [0.4, 0.5) is 0 Å². The molecule has 1 aliphatic rings. The second-order valence-corrected chi connectivity index (χ2v) is 7.84. The summed E-state index contributed by atoms with van der Waals surface area (Å²) in [6, 6.07) is 11.0. The van der Waals surface area contributed by atoms with Crippen molar-refractivity contribution >= 4 is 5.96 Å². The maximum atomic E-state index is 5.00. The molecular weight excluding hydrogens is 364 g/mol. The Labute approximate surface area is 174 Å². The molecule has 2 aromatic rings. The monoisotopic (exact) mass is 398 g/mol. The van der Waals surface area contributed by atoms with Gasteiger partial charge in [0.05, 0.1) is 18.3 Å². The highest BCUT2D eigenvalue weighted by molar-refractivity contribution is 5.80. The van der Waals surface area contributed by atoms with E-state index in [1.165, 1.54) is 11.1 Å². The van der Waals surface area contributed by atoms with E-state index in [0.29, 0.717) is 0 Å². The van der Waals surface area contributed by atoms with E-state index in [0.717, 1.165) is 57.5 Å². The largest absolute Gasteiger partial charge is 0.364 e. The van der Waals surface area contributed by atoms with Crippen molar-refractivity contribution in [2.24, 2.45) is 4.99 Å². The summed E-state index contributed by atoms with van der Waals surface area (Å²) >= 11 is 0. The molecule has 158 valence electrons. The molecule has 7 nitrogen and oxygen atoms in total. The van der Waals surface area contributed by atoms with Crippen LogP contribution in [-0.4, -0.2) is 79.2 Å². The molecule has 0 aliphatic carbocycles. The van der Waals surface area contributed by atoms with Crippen molar-refractivity contribution in [3.8, 4) is 0 Å². The average Bonchev–Trinajstić information content (AvgIpc) is 3.22. The predicted octanol–water partition coefficient (Wildman–Crippen LogP) is 2.37. The number of guanidine groups is 1. The molecule has 1 fully saturated rings. The Bertz CT molecular complexity index is 748. The first-order chi connectivity index (χ1) is 14.1. The lowest BCUT2D eigenvalue weighted by Gasteiger charge is -2.36. The van der Waals surface area contributed by atoms with Crippen molar-refractivity contribution < 1.29 is 4.52 Å². The summed E-state index contributed by atoms with van der Waals surface area (Å²) < 4.78 is 4.94. The molecule has 1 N–H and O–H groups in total. The van der Waals surface area contributed by atoms with Gasteiger partial charge in [0.2, 0.25) is 0 Å². The lowest BCUT2D eigenvalue weighted by atomic mass is 10.0. The third kappa shape index (κ3) is 6.05. The van der Waals surface area contributed by atoms with E-state index in [-0.39, 0.29) is 6.04 Å². The fraction of sp³-hybridized carbons (Fsp3) is 0.545. The SMILES string of the molecule is CCNC(=NCC(c1ccc(C)cc1)N(C)C)N1CCN(Cc2ccon2)CC1. The van der Waals surface area contributed by atoms with Crippen LogP contribution in [0.2, 0.25) is 0 Å². The molecule has 1 atom stereocenters. The van der Waals surface area contributed by atoms with Crippen molar-refractivity contribution in [2.75, 3.05) is 53.4 Å². The maximum absolute atomic E-state index is 5.00. The van der Waals surface area contributed by atoms with Crippen molar-refractivity contribution in [1.82, 2.24) is 25.2 Å². The number of likely N-dealkylation sites (N-methyl/N-ethyl adjacent to an activating group) is 1. The minimum absolute atomic E-state index is 0.262. The van der Waals surface area contributed by atoms with Crippen LogP contribution in [0.25, 0.3) is 0 Å². The third-order valence-electron chi connectivity index (χ3n) is 5.38. The summed E-state index contributed by atoms with van der Waals surface area (Å²) in [4.78, 5) is 12.0. The molecule has 1 saturated heterocycles. The number of nitrogens with one attached hydrogen (secondary N) is 1. The molecule has 7 heteroatoms. The summed E-state index contributed by atoms with van der Waals surface area (Å²) in [6.07, 6.45) is 1.64. The van der Waals surface area contributed by atoms with E-state index in [1.807, 2.05) is 6.07 Å². The van der Waals surface area contributed by atoms with E-state index in [1.54, 1.807) is 6.26 Å². The number of aryl methyl sites for hydroxylation is 1. The summed E-state index contributed by atoms with van der Waals surface area (Å²) in [5.74, 6) is 1.01. The highest BCUT2D eigenvalue weighted by Gasteiger charge is 2.21. The molecule has 0 saturated carbocycles. The summed E-state index contributed by atoms with van der Waals surface area (Å²) in [5.41, 5.74) is 3.58. The van der Waals surface area contributed by atoms with Crippen molar-refractivity contribution in [3.63, 3.8) is 0 Å². The molecular formula is C22H34N6O. The van der Waals surface area contributed by atoms with Crippen molar-refractivity contribution in [3.05, 3.63) is 53.4 Å². The van der Waals surface area contributed by atoms with Gasteiger partial charge in [-0.05, 0) is 33.5 Å². The van der Waals surface area contributed by atoms with E-state index in [2.05, 4.69) is 77.4 Å². The fourth-order valence-electron chi connectivity index (χ4n) is 3.62. The number of hydrogen-bond acceptors (Lipinski definition) is 5. The Balaban J connectivity index is 1.62. The molecule has 1 aromatic heterocycles. The Morgan fingerprint density at radius 1 is 1.17 bits per heavy atom. The zero-order valence-corrected chi connectivity index (χ0v) is 18.1. The summed E-state index contributed by atoms with van der Waals surface area (Å²) in [6.45, 7) is 10.6. The van der Waals surface area contributed by atoms with E-state index < -0.39 is 0 Å². The van der Waals surface area contributed by atoms with Crippen LogP contribution in [0.5, 0.6) is 0 Å². The van der Waals surface area contributed by atoms with Crippen LogP contribution < -0.4 is 5.32 Å². The van der Waals surface area contributed by atoms with Crippen molar-refractivity contribution in [1.29, 1.82) is 0 Å². The smallest absolute Gasteiger partial charge is 0.194 e. The van der Waals surface area contributed by atoms with Crippen LogP contribution in [0.1, 0.15) is 29.8 Å². The number of benzene rings is 1. The molecule has 0 radical (unpaired) electrons. The Morgan fingerprint density at radius 2 is 1.90 bits per heavy atom. The van der Waals surface area contributed by atoms with Crippen LogP contribution >= 0.6 is 0 Å². The molecule has 29 heavy (non-hydrogen) atoms. The summed E-state index contributed by atoms with van der Waals surface area (Å²) in [7, 11) is 4.24. The van der Waals surface area contributed by atoms with Gasteiger partial charge in [-0.1, -0.05) is 35.0 Å². The number of aliphatic imine (C=N–C) groups is 1. The number of aromatic nitrogens is 1. The maximum Gasteiger partial charge on any atom is 0.194 e. The van der Waals surface area contributed by atoms with Gasteiger partial charge in [0.1, 0.15) is 6.26 Å². The standard InChI is InChI=1S/C22H34N6O/c1-5-23-22(24-16-21(26(3)4)19-8-6-18(2)7-9-19)28-13-11-27(12-14-28)17-20-10-15-29-25-20/h6-10,15,21H,5,11-14,16-17H2,1-4H3,(H,23,24). The zero-order valence-electron chi connectivity index (χ0n) is 18.1. The molecule has 1 aliphatic heterocycles. The van der Waals surface area contributed by atoms with Gasteiger partial charge in [0.25, 0.3) is 0 Å². The van der Waals surface area contributed by atoms with Crippen molar-refractivity contribution in [2.45, 2.75) is 26.4 Å². The van der Waals surface area contributed by atoms with Gasteiger partial charge in [-0.25, -0.2) is 0 Å². The topological polar surface area (TPSA) is 60.1 Å².